The van der Waals surface area contributed by atoms with Gasteiger partial charge in [0.1, 0.15) is 0 Å². The van der Waals surface area contributed by atoms with Crippen LogP contribution in [0.25, 0.3) is 10.9 Å². The Balaban J connectivity index is 2.00. The molecule has 78 valence electrons. The van der Waals surface area contributed by atoms with E-state index in [4.69, 9.17) is 5.73 Å². The minimum absolute atomic E-state index is 0.388. The van der Waals surface area contributed by atoms with Gasteiger partial charge in [0, 0.05) is 5.39 Å². The van der Waals surface area contributed by atoms with Crippen molar-refractivity contribution in [3.8, 4) is 0 Å². The number of rotatable bonds is 3. The standard InChI is InChI=1S/C12H15N3/c13-8-12(4-5-12)6-9-2-1-3-10-7-14-15-11(9)10/h1-3,7H,4-6,8,13H2,(H,14,15). The molecule has 3 N–H and O–H groups in total. The van der Waals surface area contributed by atoms with Crippen LogP contribution >= 0.6 is 0 Å². The van der Waals surface area contributed by atoms with Gasteiger partial charge in [-0.3, -0.25) is 5.10 Å². The second kappa shape index (κ2) is 3.07. The number of hydrogen-bond acceptors (Lipinski definition) is 2. The zero-order valence-corrected chi connectivity index (χ0v) is 8.66. The molecule has 3 heteroatoms. The fourth-order valence-corrected chi connectivity index (χ4v) is 2.21. The SMILES string of the molecule is NCC1(Cc2cccc3cn[nH]c23)CC1. The lowest BCUT2D eigenvalue weighted by atomic mass is 9.95. The molecule has 0 spiro atoms. The van der Waals surface area contributed by atoms with E-state index in [1.165, 1.54) is 29.3 Å². The smallest absolute Gasteiger partial charge is 0.0682 e. The highest BCUT2D eigenvalue weighted by Gasteiger charge is 2.41. The maximum Gasteiger partial charge on any atom is 0.0682 e. The third-order valence-corrected chi connectivity index (χ3v) is 3.52. The number of aromatic amines is 1. The van der Waals surface area contributed by atoms with E-state index in [2.05, 4.69) is 28.4 Å². The van der Waals surface area contributed by atoms with Gasteiger partial charge in [0.2, 0.25) is 0 Å². The molecule has 1 saturated carbocycles. The van der Waals surface area contributed by atoms with Crippen LogP contribution in [0, 0.1) is 5.41 Å². The van der Waals surface area contributed by atoms with Crippen molar-refractivity contribution in [1.29, 1.82) is 0 Å². The first-order valence-corrected chi connectivity index (χ1v) is 5.44. The Bertz CT molecular complexity index is 482. The van der Waals surface area contributed by atoms with E-state index < -0.39 is 0 Å². The molecule has 0 aliphatic heterocycles. The van der Waals surface area contributed by atoms with Gasteiger partial charge in [0.15, 0.2) is 0 Å². The van der Waals surface area contributed by atoms with Crippen LogP contribution in [0.5, 0.6) is 0 Å². The minimum atomic E-state index is 0.388. The van der Waals surface area contributed by atoms with Gasteiger partial charge < -0.3 is 5.73 Å². The van der Waals surface area contributed by atoms with E-state index in [-0.39, 0.29) is 0 Å². The third kappa shape index (κ3) is 1.43. The third-order valence-electron chi connectivity index (χ3n) is 3.52. The van der Waals surface area contributed by atoms with Crippen molar-refractivity contribution in [2.75, 3.05) is 6.54 Å². The van der Waals surface area contributed by atoms with Crippen molar-refractivity contribution in [2.24, 2.45) is 11.1 Å². The number of H-pyrrole nitrogens is 1. The van der Waals surface area contributed by atoms with Crippen molar-refractivity contribution in [1.82, 2.24) is 10.2 Å². The summed E-state index contributed by atoms with van der Waals surface area (Å²) in [6.45, 7) is 0.803. The summed E-state index contributed by atoms with van der Waals surface area (Å²) in [6.07, 6.45) is 5.51. The number of benzene rings is 1. The van der Waals surface area contributed by atoms with Crippen LogP contribution < -0.4 is 5.73 Å². The van der Waals surface area contributed by atoms with Crippen LogP contribution in [0.3, 0.4) is 0 Å². The average Bonchev–Trinajstić information content (AvgIpc) is 2.87. The van der Waals surface area contributed by atoms with Crippen molar-refractivity contribution < 1.29 is 0 Å². The predicted molar refractivity (Wildman–Crippen MR) is 60.5 cm³/mol. The summed E-state index contributed by atoms with van der Waals surface area (Å²) in [5.41, 5.74) is 8.73. The minimum Gasteiger partial charge on any atom is -0.330 e. The Morgan fingerprint density at radius 3 is 3.00 bits per heavy atom. The van der Waals surface area contributed by atoms with E-state index in [0.717, 1.165) is 13.0 Å². The van der Waals surface area contributed by atoms with Crippen molar-refractivity contribution >= 4 is 10.9 Å². The molecule has 2 aromatic rings. The molecule has 1 aliphatic rings. The van der Waals surface area contributed by atoms with E-state index in [1.54, 1.807) is 0 Å². The first-order chi connectivity index (χ1) is 7.33. The number of nitrogens with one attached hydrogen (secondary N) is 1. The lowest BCUT2D eigenvalue weighted by molar-refractivity contribution is 0.522. The molecule has 0 amide bonds. The van der Waals surface area contributed by atoms with E-state index >= 15 is 0 Å². The normalized spacial score (nSPS) is 18.2. The van der Waals surface area contributed by atoms with Crippen LogP contribution in [0.2, 0.25) is 0 Å². The van der Waals surface area contributed by atoms with Crippen LogP contribution in [0.4, 0.5) is 0 Å². The molecule has 3 rings (SSSR count). The van der Waals surface area contributed by atoms with Gasteiger partial charge in [-0.1, -0.05) is 18.2 Å². The van der Waals surface area contributed by atoms with Gasteiger partial charge in [-0.25, -0.2) is 0 Å². The number of aromatic nitrogens is 2. The highest BCUT2D eigenvalue weighted by Crippen LogP contribution is 2.47. The van der Waals surface area contributed by atoms with Crippen molar-refractivity contribution in [3.05, 3.63) is 30.0 Å². The Hall–Kier alpha value is -1.35. The Morgan fingerprint density at radius 2 is 2.27 bits per heavy atom. The first kappa shape index (κ1) is 8.92. The topological polar surface area (TPSA) is 54.7 Å². The maximum atomic E-state index is 5.81. The van der Waals surface area contributed by atoms with Gasteiger partial charge in [0.25, 0.3) is 0 Å². The van der Waals surface area contributed by atoms with Crippen LogP contribution in [-0.2, 0) is 6.42 Å². The summed E-state index contributed by atoms with van der Waals surface area (Å²) in [4.78, 5) is 0. The average molecular weight is 201 g/mol. The summed E-state index contributed by atoms with van der Waals surface area (Å²) >= 11 is 0. The molecule has 15 heavy (non-hydrogen) atoms. The molecule has 0 atom stereocenters. The van der Waals surface area contributed by atoms with Gasteiger partial charge in [0.05, 0.1) is 11.7 Å². The fourth-order valence-electron chi connectivity index (χ4n) is 2.21. The Kier molecular flexibility index (Phi) is 1.83. The lowest BCUT2D eigenvalue weighted by Crippen LogP contribution is -2.18. The molecular weight excluding hydrogens is 186 g/mol. The van der Waals surface area contributed by atoms with Gasteiger partial charge in [-0.2, -0.15) is 5.10 Å². The molecule has 0 radical (unpaired) electrons. The van der Waals surface area contributed by atoms with Gasteiger partial charge in [-0.05, 0) is 36.8 Å². The summed E-state index contributed by atoms with van der Waals surface area (Å²) in [7, 11) is 0. The van der Waals surface area contributed by atoms with Crippen LogP contribution in [0.1, 0.15) is 18.4 Å². The number of para-hydroxylation sites is 1. The Morgan fingerprint density at radius 1 is 1.40 bits per heavy atom. The van der Waals surface area contributed by atoms with Gasteiger partial charge >= 0.3 is 0 Å². The number of nitrogens with two attached hydrogens (primary N) is 1. The van der Waals surface area contributed by atoms with Crippen LogP contribution in [-0.4, -0.2) is 16.7 Å². The quantitative estimate of drug-likeness (QED) is 0.796. The van der Waals surface area contributed by atoms with E-state index in [1.807, 2.05) is 6.20 Å². The molecule has 1 aromatic heterocycles. The summed E-state index contributed by atoms with van der Waals surface area (Å²) in [5, 5.41) is 8.35. The maximum absolute atomic E-state index is 5.81. The van der Waals surface area contributed by atoms with Gasteiger partial charge in [-0.15, -0.1) is 0 Å². The summed E-state index contributed by atoms with van der Waals surface area (Å²) < 4.78 is 0. The Labute approximate surface area is 88.7 Å². The zero-order valence-electron chi connectivity index (χ0n) is 8.66. The molecule has 0 bridgehead atoms. The van der Waals surface area contributed by atoms with E-state index in [0.29, 0.717) is 5.41 Å². The summed E-state index contributed by atoms with van der Waals surface area (Å²) in [6, 6.07) is 6.36. The predicted octanol–water partition coefficient (Wildman–Crippen LogP) is 1.84. The number of hydrogen-bond donors (Lipinski definition) is 2. The molecule has 1 aromatic carbocycles. The highest BCUT2D eigenvalue weighted by molar-refractivity contribution is 5.81. The molecule has 0 unspecified atom stereocenters. The molecule has 1 fully saturated rings. The monoisotopic (exact) mass is 201 g/mol. The number of fused-ring (bicyclic) bond motifs is 1. The van der Waals surface area contributed by atoms with Crippen molar-refractivity contribution in [2.45, 2.75) is 19.3 Å². The zero-order chi connectivity index (χ0) is 10.3. The second-order valence-corrected chi connectivity index (χ2v) is 4.63. The lowest BCUT2D eigenvalue weighted by Gasteiger charge is -2.12. The molecule has 0 saturated heterocycles. The molecule has 1 heterocycles. The molecular formula is C12H15N3. The molecule has 3 nitrogen and oxygen atoms in total. The van der Waals surface area contributed by atoms with Crippen LogP contribution in [0.15, 0.2) is 24.4 Å². The highest BCUT2D eigenvalue weighted by atomic mass is 15.1. The fraction of sp³-hybridized carbons (Fsp3) is 0.417. The molecule has 1 aliphatic carbocycles. The first-order valence-electron chi connectivity index (χ1n) is 5.44. The van der Waals surface area contributed by atoms with Crippen molar-refractivity contribution in [3.63, 3.8) is 0 Å². The largest absolute Gasteiger partial charge is 0.330 e. The number of nitrogens with zero attached hydrogens (tertiary/aromatic N) is 1. The summed E-state index contributed by atoms with van der Waals surface area (Å²) in [5.74, 6) is 0. The van der Waals surface area contributed by atoms with E-state index in [9.17, 15) is 0 Å². The second-order valence-electron chi connectivity index (χ2n) is 4.63.